The van der Waals surface area contributed by atoms with E-state index >= 15 is 0 Å². The molecule has 1 aliphatic carbocycles. The Kier molecular flexibility index (Phi) is 4.59. The van der Waals surface area contributed by atoms with E-state index in [1.54, 1.807) is 0 Å². The zero-order valence-electron chi connectivity index (χ0n) is 10.6. The van der Waals surface area contributed by atoms with Crippen molar-refractivity contribution >= 4 is 21.8 Å². The third-order valence-electron chi connectivity index (χ3n) is 3.23. The quantitative estimate of drug-likeness (QED) is 0.845. The molecule has 2 nitrogen and oxygen atoms in total. The van der Waals surface area contributed by atoms with Crippen LogP contribution in [0.25, 0.3) is 0 Å². The van der Waals surface area contributed by atoms with E-state index in [4.69, 9.17) is 0 Å². The van der Waals surface area contributed by atoms with E-state index in [0.717, 1.165) is 35.0 Å². The lowest BCUT2D eigenvalue weighted by Crippen LogP contribution is -2.29. The van der Waals surface area contributed by atoms with Crippen molar-refractivity contribution in [1.82, 2.24) is 5.32 Å². The molecule has 1 amide bonds. The minimum absolute atomic E-state index is 0.0222. The van der Waals surface area contributed by atoms with Crippen molar-refractivity contribution in [2.45, 2.75) is 26.2 Å². The highest BCUT2D eigenvalue weighted by atomic mass is 79.9. The van der Waals surface area contributed by atoms with E-state index in [1.807, 2.05) is 25.1 Å². The van der Waals surface area contributed by atoms with Crippen LogP contribution >= 0.6 is 15.9 Å². The molecule has 1 aliphatic rings. The van der Waals surface area contributed by atoms with Gasteiger partial charge in [-0.1, -0.05) is 28.1 Å². The summed E-state index contributed by atoms with van der Waals surface area (Å²) in [5.74, 6) is 0.612. The van der Waals surface area contributed by atoms with Crippen LogP contribution in [0, 0.1) is 12.8 Å². The van der Waals surface area contributed by atoms with Crippen LogP contribution in [-0.4, -0.2) is 12.5 Å². The summed E-state index contributed by atoms with van der Waals surface area (Å²) in [5.41, 5.74) is 1.82. The largest absolute Gasteiger partial charge is 0.352 e. The predicted molar refractivity (Wildman–Crippen MR) is 77.7 cm³/mol. The molecule has 0 spiro atoms. The molecule has 0 radical (unpaired) electrons. The smallest absolute Gasteiger partial charge is 0.251 e. The van der Waals surface area contributed by atoms with E-state index in [-0.39, 0.29) is 5.91 Å². The molecule has 1 atom stereocenters. The van der Waals surface area contributed by atoms with Crippen molar-refractivity contribution in [1.29, 1.82) is 0 Å². The monoisotopic (exact) mass is 307 g/mol. The number of hydrogen-bond acceptors (Lipinski definition) is 1. The summed E-state index contributed by atoms with van der Waals surface area (Å²) in [5, 5.41) is 3.03. The van der Waals surface area contributed by atoms with E-state index in [9.17, 15) is 4.79 Å². The van der Waals surface area contributed by atoms with Crippen molar-refractivity contribution in [3.05, 3.63) is 46.0 Å². The van der Waals surface area contributed by atoms with Gasteiger partial charge >= 0.3 is 0 Å². The molecule has 0 heterocycles. The highest BCUT2D eigenvalue weighted by Crippen LogP contribution is 2.18. The third-order valence-corrected chi connectivity index (χ3v) is 3.69. The molecule has 1 unspecified atom stereocenters. The predicted octanol–water partition coefficient (Wildman–Crippen LogP) is 3.84. The Morgan fingerprint density at radius 2 is 2.22 bits per heavy atom. The molecule has 1 aromatic carbocycles. The summed E-state index contributed by atoms with van der Waals surface area (Å²) in [4.78, 5) is 12.0. The molecule has 2 rings (SSSR count). The lowest BCUT2D eigenvalue weighted by atomic mass is 9.94. The van der Waals surface area contributed by atoms with Crippen molar-refractivity contribution in [3.63, 3.8) is 0 Å². The van der Waals surface area contributed by atoms with Gasteiger partial charge in [0.05, 0.1) is 0 Å². The Balaban J connectivity index is 1.92. The Hall–Kier alpha value is -1.09. The minimum atomic E-state index is 0.0222. The van der Waals surface area contributed by atoms with E-state index in [1.165, 1.54) is 6.42 Å². The van der Waals surface area contributed by atoms with Crippen LogP contribution in [-0.2, 0) is 0 Å². The maximum absolute atomic E-state index is 12.0. The van der Waals surface area contributed by atoms with Crippen LogP contribution in [0.15, 0.2) is 34.8 Å². The zero-order valence-corrected chi connectivity index (χ0v) is 12.2. The lowest BCUT2D eigenvalue weighted by molar-refractivity contribution is 0.0946. The molecule has 96 valence electrons. The van der Waals surface area contributed by atoms with Crippen LogP contribution in [0.1, 0.15) is 35.2 Å². The van der Waals surface area contributed by atoms with Gasteiger partial charge in [0.1, 0.15) is 0 Å². The number of carbonyl (C=O) groups is 1. The first kappa shape index (κ1) is 13.3. The number of allylic oxidation sites excluding steroid dienone is 2. The van der Waals surface area contributed by atoms with Gasteiger partial charge in [0.25, 0.3) is 5.91 Å². The molecular formula is C15H18BrNO. The van der Waals surface area contributed by atoms with Crippen LogP contribution in [0.5, 0.6) is 0 Å². The lowest BCUT2D eigenvalue weighted by Gasteiger charge is -2.18. The first-order chi connectivity index (χ1) is 8.65. The van der Waals surface area contributed by atoms with Crippen LogP contribution in [0.2, 0.25) is 0 Å². The highest BCUT2D eigenvalue weighted by molar-refractivity contribution is 9.10. The number of amides is 1. The minimum Gasteiger partial charge on any atom is -0.352 e. The van der Waals surface area contributed by atoms with Gasteiger partial charge in [-0.3, -0.25) is 4.79 Å². The summed E-state index contributed by atoms with van der Waals surface area (Å²) < 4.78 is 0.952. The van der Waals surface area contributed by atoms with Gasteiger partial charge in [-0.2, -0.15) is 0 Å². The highest BCUT2D eigenvalue weighted by Gasteiger charge is 2.12. The van der Waals surface area contributed by atoms with Crippen molar-refractivity contribution < 1.29 is 4.79 Å². The molecule has 1 N–H and O–H groups in total. The first-order valence-electron chi connectivity index (χ1n) is 6.35. The topological polar surface area (TPSA) is 29.1 Å². The van der Waals surface area contributed by atoms with Crippen LogP contribution in [0.4, 0.5) is 0 Å². The summed E-state index contributed by atoms with van der Waals surface area (Å²) in [6.07, 6.45) is 7.82. The Morgan fingerprint density at radius 3 is 2.89 bits per heavy atom. The Labute approximate surface area is 117 Å². The molecule has 0 saturated carbocycles. The Morgan fingerprint density at radius 1 is 1.39 bits per heavy atom. The second-order valence-electron chi connectivity index (χ2n) is 4.88. The van der Waals surface area contributed by atoms with Crippen molar-refractivity contribution in [2.24, 2.45) is 5.92 Å². The van der Waals surface area contributed by atoms with E-state index < -0.39 is 0 Å². The SMILES string of the molecule is Cc1cc(Br)cc(C(=O)NCC2CC=CCC2)c1. The normalized spacial score (nSPS) is 18.7. The average molecular weight is 308 g/mol. The second-order valence-corrected chi connectivity index (χ2v) is 5.79. The molecule has 3 heteroatoms. The molecule has 0 aliphatic heterocycles. The molecule has 0 saturated heterocycles. The third kappa shape index (κ3) is 3.70. The number of aryl methyl sites for hydroxylation is 1. The fourth-order valence-corrected chi connectivity index (χ4v) is 2.86. The molecule has 0 aromatic heterocycles. The molecule has 18 heavy (non-hydrogen) atoms. The summed E-state index contributed by atoms with van der Waals surface area (Å²) in [6, 6.07) is 5.78. The average Bonchev–Trinajstić information content (AvgIpc) is 2.36. The van der Waals surface area contributed by atoms with Crippen LogP contribution < -0.4 is 5.32 Å². The summed E-state index contributed by atoms with van der Waals surface area (Å²) >= 11 is 3.42. The second kappa shape index (κ2) is 6.19. The van der Waals surface area contributed by atoms with Gasteiger partial charge in [0.2, 0.25) is 0 Å². The number of halogens is 1. The van der Waals surface area contributed by atoms with Gasteiger partial charge in [-0.15, -0.1) is 0 Å². The standard InChI is InChI=1S/C15H18BrNO/c1-11-7-13(9-14(16)8-11)15(18)17-10-12-5-3-2-4-6-12/h2-3,7-9,12H,4-6,10H2,1H3,(H,17,18). The Bertz CT molecular complexity index is 447. The number of hydrogen-bond donors (Lipinski definition) is 1. The molecule has 1 aromatic rings. The number of benzene rings is 1. The summed E-state index contributed by atoms with van der Waals surface area (Å²) in [6.45, 7) is 2.77. The number of rotatable bonds is 3. The number of nitrogens with one attached hydrogen (secondary N) is 1. The number of carbonyl (C=O) groups excluding carboxylic acids is 1. The van der Waals surface area contributed by atoms with Gasteiger partial charge in [-0.05, 0) is 55.9 Å². The molecule has 0 bridgehead atoms. The van der Waals surface area contributed by atoms with Crippen LogP contribution in [0.3, 0.4) is 0 Å². The first-order valence-corrected chi connectivity index (χ1v) is 7.15. The van der Waals surface area contributed by atoms with Crippen molar-refractivity contribution in [3.8, 4) is 0 Å². The fraction of sp³-hybridized carbons (Fsp3) is 0.400. The maximum atomic E-state index is 12.0. The summed E-state index contributed by atoms with van der Waals surface area (Å²) in [7, 11) is 0. The van der Waals surface area contributed by atoms with Gasteiger partial charge in [0, 0.05) is 16.6 Å². The fourth-order valence-electron chi connectivity index (χ4n) is 2.25. The maximum Gasteiger partial charge on any atom is 0.251 e. The molecular weight excluding hydrogens is 290 g/mol. The zero-order chi connectivity index (χ0) is 13.0. The van der Waals surface area contributed by atoms with Gasteiger partial charge in [-0.25, -0.2) is 0 Å². The van der Waals surface area contributed by atoms with E-state index in [0.29, 0.717) is 5.92 Å². The van der Waals surface area contributed by atoms with Gasteiger partial charge < -0.3 is 5.32 Å². The van der Waals surface area contributed by atoms with Crippen molar-refractivity contribution in [2.75, 3.05) is 6.54 Å². The van der Waals surface area contributed by atoms with Gasteiger partial charge in [0.15, 0.2) is 0 Å². The molecule has 0 fully saturated rings. The van der Waals surface area contributed by atoms with E-state index in [2.05, 4.69) is 33.4 Å².